The lowest BCUT2D eigenvalue weighted by atomic mass is 10.9. The van der Waals surface area contributed by atoms with Crippen LogP contribution in [0.15, 0.2) is 12.4 Å². The average molecular weight is 171 g/mol. The number of hydrogen-bond donors (Lipinski definition) is 0. The highest BCUT2D eigenvalue weighted by atomic mass is 32.1. The van der Waals surface area contributed by atoms with Crippen LogP contribution in [0.4, 0.5) is 0 Å². The van der Waals surface area contributed by atoms with Crippen molar-refractivity contribution >= 4 is 28.7 Å². The van der Waals surface area contributed by atoms with Crippen LogP contribution in [-0.2, 0) is 7.05 Å². The summed E-state index contributed by atoms with van der Waals surface area (Å²) < 4.78 is 4.61. The maximum atomic E-state index is 5.08. The van der Waals surface area contributed by atoms with Crippen molar-refractivity contribution in [2.45, 2.75) is 0 Å². The van der Waals surface area contributed by atoms with Crippen molar-refractivity contribution in [2.75, 3.05) is 0 Å². The van der Waals surface area contributed by atoms with E-state index in [-0.39, 0.29) is 0 Å². The molecule has 2 aromatic heterocycles. The zero-order chi connectivity index (χ0) is 7.14. The number of aryl methyl sites for hydroxylation is 1. The number of imidazole rings is 1. The van der Waals surface area contributed by atoms with Gasteiger partial charge in [0, 0.05) is 19.4 Å². The highest BCUT2D eigenvalue weighted by Crippen LogP contribution is 2.09. The summed E-state index contributed by atoms with van der Waals surface area (Å²) in [6, 6.07) is 0. The fraction of sp³-hybridized carbons (Fsp3) is 0.200. The lowest BCUT2D eigenvalue weighted by molar-refractivity contribution is 0.940. The van der Waals surface area contributed by atoms with Gasteiger partial charge in [-0.25, -0.2) is 4.98 Å². The number of aromatic nitrogens is 3. The molecule has 0 amide bonds. The van der Waals surface area contributed by atoms with Crippen molar-refractivity contribution in [3.8, 4) is 0 Å². The number of nitrogens with zero attached hydrogens (tertiary/aromatic N) is 3. The van der Waals surface area contributed by atoms with Crippen LogP contribution in [0.2, 0.25) is 0 Å². The Balaban J connectivity index is 3.09. The molecule has 3 nitrogen and oxygen atoms in total. The maximum absolute atomic E-state index is 5.08. The fourth-order valence-corrected chi connectivity index (χ4v) is 1.89. The Morgan fingerprint density at radius 3 is 3.20 bits per heavy atom. The Labute approximate surface area is 66.7 Å². The molecule has 0 aliphatic heterocycles. The van der Waals surface area contributed by atoms with Crippen molar-refractivity contribution in [3.63, 3.8) is 0 Å². The van der Waals surface area contributed by atoms with Crippen LogP contribution < -0.4 is 0 Å². The SMILES string of the molecule is Cn1sc2nccn2c1=S. The predicted octanol–water partition coefficient (Wildman–Crippen LogP) is 1.46. The van der Waals surface area contributed by atoms with Gasteiger partial charge in [0.1, 0.15) is 0 Å². The third-order valence-corrected chi connectivity index (χ3v) is 2.80. The normalized spacial score (nSPS) is 10.9. The van der Waals surface area contributed by atoms with Crippen molar-refractivity contribution in [1.82, 2.24) is 13.3 Å². The first-order valence-electron chi connectivity index (χ1n) is 2.78. The third-order valence-electron chi connectivity index (χ3n) is 1.30. The molecule has 10 heavy (non-hydrogen) atoms. The smallest absolute Gasteiger partial charge is 0.212 e. The summed E-state index contributed by atoms with van der Waals surface area (Å²) in [7, 11) is 1.93. The molecule has 2 rings (SSSR count). The van der Waals surface area contributed by atoms with Gasteiger partial charge in [-0.1, -0.05) is 0 Å². The molecule has 0 unspecified atom stereocenters. The Morgan fingerprint density at radius 2 is 2.50 bits per heavy atom. The standard InChI is InChI=1S/C5H5N3S2/c1-7-5(9)8-3-2-6-4(8)10-7/h2-3H,1H3. The van der Waals surface area contributed by atoms with E-state index in [0.29, 0.717) is 0 Å². The number of hydrogen-bond acceptors (Lipinski definition) is 3. The Hall–Kier alpha value is -0.680. The van der Waals surface area contributed by atoms with Gasteiger partial charge in [0.05, 0.1) is 0 Å². The molecule has 52 valence electrons. The molecule has 2 aromatic rings. The Morgan fingerprint density at radius 1 is 1.70 bits per heavy atom. The van der Waals surface area contributed by atoms with Crippen molar-refractivity contribution in [1.29, 1.82) is 0 Å². The van der Waals surface area contributed by atoms with E-state index in [9.17, 15) is 0 Å². The van der Waals surface area contributed by atoms with Gasteiger partial charge in [-0.3, -0.25) is 8.36 Å². The third kappa shape index (κ3) is 0.643. The highest BCUT2D eigenvalue weighted by Gasteiger charge is 1.98. The monoisotopic (exact) mass is 171 g/mol. The average Bonchev–Trinajstić information content (AvgIpc) is 2.41. The van der Waals surface area contributed by atoms with Crippen LogP contribution in [0.1, 0.15) is 0 Å². The maximum Gasteiger partial charge on any atom is 0.212 e. The first-order chi connectivity index (χ1) is 4.79. The molecule has 0 radical (unpaired) electrons. The highest BCUT2D eigenvalue weighted by molar-refractivity contribution is 7.71. The molecule has 0 saturated heterocycles. The summed E-state index contributed by atoms with van der Waals surface area (Å²) in [4.78, 5) is 5.05. The van der Waals surface area contributed by atoms with Gasteiger partial charge < -0.3 is 0 Å². The van der Waals surface area contributed by atoms with Crippen LogP contribution in [0.25, 0.3) is 4.96 Å². The molecular weight excluding hydrogens is 166 g/mol. The van der Waals surface area contributed by atoms with Gasteiger partial charge in [-0.05, 0) is 23.8 Å². The summed E-state index contributed by atoms with van der Waals surface area (Å²) in [6.45, 7) is 0. The summed E-state index contributed by atoms with van der Waals surface area (Å²) in [5.74, 6) is 0. The van der Waals surface area contributed by atoms with Crippen molar-refractivity contribution < 1.29 is 0 Å². The molecule has 5 heteroatoms. The van der Waals surface area contributed by atoms with Crippen LogP contribution in [0, 0.1) is 4.77 Å². The molecular formula is C5H5N3S2. The molecule has 0 aliphatic carbocycles. The zero-order valence-electron chi connectivity index (χ0n) is 5.31. The van der Waals surface area contributed by atoms with E-state index in [0.717, 1.165) is 9.73 Å². The number of fused-ring (bicyclic) bond motifs is 1. The number of rotatable bonds is 0. The van der Waals surface area contributed by atoms with E-state index < -0.39 is 0 Å². The van der Waals surface area contributed by atoms with E-state index in [4.69, 9.17) is 12.2 Å². The minimum Gasteiger partial charge on any atom is -0.274 e. The summed E-state index contributed by atoms with van der Waals surface area (Å²) in [6.07, 6.45) is 3.62. The topological polar surface area (TPSA) is 22.2 Å². The zero-order valence-corrected chi connectivity index (χ0v) is 6.95. The largest absolute Gasteiger partial charge is 0.274 e. The van der Waals surface area contributed by atoms with E-state index >= 15 is 0 Å². The van der Waals surface area contributed by atoms with E-state index in [1.165, 1.54) is 0 Å². The Kier molecular flexibility index (Phi) is 1.15. The first kappa shape index (κ1) is 6.06. The van der Waals surface area contributed by atoms with Gasteiger partial charge >= 0.3 is 0 Å². The van der Waals surface area contributed by atoms with Crippen molar-refractivity contribution in [3.05, 3.63) is 17.2 Å². The van der Waals surface area contributed by atoms with Crippen LogP contribution in [0.5, 0.6) is 0 Å². The van der Waals surface area contributed by atoms with Crippen molar-refractivity contribution in [2.24, 2.45) is 7.05 Å². The Bertz CT molecular complexity index is 408. The minimum atomic E-state index is 0.803. The van der Waals surface area contributed by atoms with Crippen LogP contribution >= 0.6 is 23.8 Å². The van der Waals surface area contributed by atoms with E-state index in [1.54, 1.807) is 17.7 Å². The molecule has 0 spiro atoms. The molecule has 0 N–H and O–H groups in total. The fourth-order valence-electron chi connectivity index (χ4n) is 0.816. The van der Waals surface area contributed by atoms with E-state index in [2.05, 4.69) is 4.98 Å². The predicted molar refractivity (Wildman–Crippen MR) is 42.9 cm³/mol. The molecule has 0 bridgehead atoms. The molecule has 0 aliphatic rings. The molecule has 0 aromatic carbocycles. The van der Waals surface area contributed by atoms with Gasteiger partial charge in [0.25, 0.3) is 0 Å². The molecule has 0 atom stereocenters. The van der Waals surface area contributed by atoms with Crippen LogP contribution in [0.3, 0.4) is 0 Å². The van der Waals surface area contributed by atoms with Gasteiger partial charge in [0.15, 0.2) is 4.77 Å². The van der Waals surface area contributed by atoms with E-state index in [1.807, 2.05) is 21.6 Å². The lowest BCUT2D eigenvalue weighted by Gasteiger charge is -1.81. The summed E-state index contributed by atoms with van der Waals surface area (Å²) in [5.41, 5.74) is 0. The summed E-state index contributed by atoms with van der Waals surface area (Å²) in [5, 5.41) is 0. The molecule has 2 heterocycles. The van der Waals surface area contributed by atoms with Gasteiger partial charge in [-0.2, -0.15) is 0 Å². The second-order valence-corrected chi connectivity index (χ2v) is 3.41. The lowest BCUT2D eigenvalue weighted by Crippen LogP contribution is -1.83. The first-order valence-corrected chi connectivity index (χ1v) is 3.96. The second kappa shape index (κ2) is 1.90. The molecule has 0 fully saturated rings. The molecule has 0 saturated carbocycles. The van der Waals surface area contributed by atoms with Gasteiger partial charge in [-0.15, -0.1) is 0 Å². The van der Waals surface area contributed by atoms with Crippen LogP contribution in [-0.4, -0.2) is 13.3 Å². The summed E-state index contributed by atoms with van der Waals surface area (Å²) >= 11 is 6.63. The quantitative estimate of drug-likeness (QED) is 0.560. The minimum absolute atomic E-state index is 0.803. The van der Waals surface area contributed by atoms with Gasteiger partial charge in [0.2, 0.25) is 4.96 Å². The second-order valence-electron chi connectivity index (χ2n) is 1.95.